The number of hydrogen-bond donors (Lipinski definition) is 0. The van der Waals surface area contributed by atoms with E-state index < -0.39 is 12.1 Å². The van der Waals surface area contributed by atoms with E-state index in [1.807, 2.05) is 48.5 Å². The fourth-order valence-corrected chi connectivity index (χ4v) is 4.00. The summed E-state index contributed by atoms with van der Waals surface area (Å²) >= 11 is 0. The molecule has 5 nitrogen and oxygen atoms in total. The monoisotopic (exact) mass is 351 g/mol. The fraction of sp³-hybridized carbons (Fsp3) is 0.333. The number of hydroxylamine groups is 2. The van der Waals surface area contributed by atoms with Crippen LogP contribution >= 0.6 is 0 Å². The van der Waals surface area contributed by atoms with Crippen LogP contribution in [0, 0.1) is 5.92 Å². The molecule has 0 unspecified atom stereocenters. The summed E-state index contributed by atoms with van der Waals surface area (Å²) in [5.74, 6) is -0.496. The first-order chi connectivity index (χ1) is 12.7. The van der Waals surface area contributed by atoms with Crippen LogP contribution < -0.4 is 0 Å². The quantitative estimate of drug-likeness (QED) is 0.749. The van der Waals surface area contributed by atoms with Crippen molar-refractivity contribution in [1.29, 1.82) is 0 Å². The molecule has 2 aromatic rings. The smallest absolute Gasteiger partial charge is 0.443 e. The molecule has 0 bridgehead atoms. The van der Waals surface area contributed by atoms with Gasteiger partial charge in [0, 0.05) is 0 Å². The molecule has 0 saturated heterocycles. The number of ether oxygens (including phenoxy) is 1. The lowest BCUT2D eigenvalue weighted by Crippen LogP contribution is -2.38. The number of carbonyl (C=O) groups is 2. The number of hydrogen-bond acceptors (Lipinski definition) is 4. The number of benzene rings is 2. The van der Waals surface area contributed by atoms with Crippen LogP contribution in [0.1, 0.15) is 42.9 Å². The van der Waals surface area contributed by atoms with Crippen LogP contribution in [-0.2, 0) is 14.4 Å². The van der Waals surface area contributed by atoms with Crippen molar-refractivity contribution in [1.82, 2.24) is 5.06 Å². The van der Waals surface area contributed by atoms with Crippen molar-refractivity contribution in [2.24, 2.45) is 5.92 Å². The Labute approximate surface area is 152 Å². The Hall–Kier alpha value is -2.82. The van der Waals surface area contributed by atoms with E-state index in [0.717, 1.165) is 53.0 Å². The summed E-state index contributed by atoms with van der Waals surface area (Å²) in [7, 11) is 1.30. The largest absolute Gasteiger partial charge is 0.451 e. The Bertz CT molecular complexity index is 796. The molecule has 5 heteroatoms. The lowest BCUT2D eigenvalue weighted by atomic mass is 10.1. The van der Waals surface area contributed by atoms with Crippen LogP contribution in [-0.4, -0.2) is 24.2 Å². The molecular formula is C21H21NO4. The van der Waals surface area contributed by atoms with Gasteiger partial charge in [0.05, 0.1) is 13.0 Å². The second-order valence-corrected chi connectivity index (χ2v) is 6.76. The van der Waals surface area contributed by atoms with E-state index in [1.165, 1.54) is 7.11 Å². The third-order valence-electron chi connectivity index (χ3n) is 5.27. The van der Waals surface area contributed by atoms with Crippen molar-refractivity contribution in [3.63, 3.8) is 0 Å². The average molecular weight is 351 g/mol. The summed E-state index contributed by atoms with van der Waals surface area (Å²) in [4.78, 5) is 30.7. The molecule has 1 saturated carbocycles. The molecule has 0 aliphatic heterocycles. The van der Waals surface area contributed by atoms with Gasteiger partial charge >= 0.3 is 12.1 Å². The van der Waals surface area contributed by atoms with Gasteiger partial charge < -0.3 is 9.57 Å². The molecule has 2 aliphatic carbocycles. The fourth-order valence-electron chi connectivity index (χ4n) is 4.00. The van der Waals surface area contributed by atoms with Crippen molar-refractivity contribution >= 4 is 12.1 Å². The maximum atomic E-state index is 12.6. The molecule has 2 aromatic carbocycles. The summed E-state index contributed by atoms with van der Waals surface area (Å²) in [5.41, 5.74) is 3.94. The van der Waals surface area contributed by atoms with Gasteiger partial charge in [-0.15, -0.1) is 5.06 Å². The molecule has 0 atom stereocenters. The Morgan fingerprint density at radius 3 is 2.00 bits per heavy atom. The van der Waals surface area contributed by atoms with Crippen molar-refractivity contribution in [2.45, 2.75) is 31.7 Å². The van der Waals surface area contributed by atoms with E-state index >= 15 is 0 Å². The third kappa shape index (κ3) is 2.73. The van der Waals surface area contributed by atoms with Crippen LogP contribution in [0.2, 0.25) is 0 Å². The summed E-state index contributed by atoms with van der Waals surface area (Å²) in [6.07, 6.45) is 2.99. The van der Waals surface area contributed by atoms with Gasteiger partial charge in [-0.3, -0.25) is 0 Å². The molecule has 0 radical (unpaired) electrons. The highest BCUT2D eigenvalue weighted by atomic mass is 16.8. The third-order valence-corrected chi connectivity index (χ3v) is 5.27. The lowest BCUT2D eigenvalue weighted by molar-refractivity contribution is -0.192. The zero-order chi connectivity index (χ0) is 18.1. The minimum Gasteiger partial charge on any atom is -0.451 e. The van der Waals surface area contributed by atoms with Gasteiger partial charge in [0.25, 0.3) is 0 Å². The normalized spacial score (nSPS) is 16.0. The van der Waals surface area contributed by atoms with Gasteiger partial charge in [0.1, 0.15) is 6.04 Å². The van der Waals surface area contributed by atoms with Crippen LogP contribution in [0.15, 0.2) is 48.5 Å². The van der Waals surface area contributed by atoms with E-state index in [-0.39, 0.29) is 11.9 Å². The number of nitrogens with zero attached hydrogens (tertiary/aromatic N) is 1. The number of rotatable bonds is 2. The Balaban J connectivity index is 1.73. The van der Waals surface area contributed by atoms with E-state index in [9.17, 15) is 9.59 Å². The highest BCUT2D eigenvalue weighted by Gasteiger charge is 2.39. The Morgan fingerprint density at radius 2 is 1.46 bits per heavy atom. The van der Waals surface area contributed by atoms with Crippen LogP contribution in [0.5, 0.6) is 0 Å². The molecule has 1 fully saturated rings. The summed E-state index contributed by atoms with van der Waals surface area (Å²) < 4.78 is 4.93. The first-order valence-corrected chi connectivity index (χ1v) is 8.98. The number of fused-ring (bicyclic) bond motifs is 3. The average Bonchev–Trinajstić information content (AvgIpc) is 3.32. The SMILES string of the molecule is COC(=O)N(OC(=O)C1CCCC1)C1c2ccccc2-c2ccccc21. The molecule has 0 heterocycles. The van der Waals surface area contributed by atoms with Gasteiger partial charge in [-0.25, -0.2) is 9.59 Å². The van der Waals surface area contributed by atoms with E-state index in [4.69, 9.17) is 9.57 Å². The van der Waals surface area contributed by atoms with Gasteiger partial charge in [-0.2, -0.15) is 0 Å². The molecule has 4 rings (SSSR count). The molecule has 0 N–H and O–H groups in total. The maximum Gasteiger partial charge on any atom is 0.443 e. The van der Waals surface area contributed by atoms with Crippen LogP contribution in [0.25, 0.3) is 11.1 Å². The van der Waals surface area contributed by atoms with Crippen molar-refractivity contribution < 1.29 is 19.2 Å². The van der Waals surface area contributed by atoms with E-state index in [2.05, 4.69) is 0 Å². The minimum absolute atomic E-state index is 0.144. The second-order valence-electron chi connectivity index (χ2n) is 6.76. The van der Waals surface area contributed by atoms with Crippen molar-refractivity contribution in [3.8, 4) is 11.1 Å². The molecule has 2 aliphatic rings. The predicted octanol–water partition coefficient (Wildman–Crippen LogP) is 4.47. The standard InChI is InChI=1S/C21H21NO4/c1-25-21(24)22(26-20(23)14-8-2-3-9-14)19-17-12-6-4-10-15(17)16-11-5-7-13-18(16)19/h4-7,10-14,19H,2-3,8-9H2,1H3. The second kappa shape index (κ2) is 6.83. The zero-order valence-electron chi connectivity index (χ0n) is 14.7. The molecule has 0 spiro atoms. The minimum atomic E-state index is -0.673. The van der Waals surface area contributed by atoms with Crippen molar-refractivity contribution in [3.05, 3.63) is 59.7 Å². The lowest BCUT2D eigenvalue weighted by Gasteiger charge is -2.28. The van der Waals surface area contributed by atoms with Crippen LogP contribution in [0.4, 0.5) is 4.79 Å². The van der Waals surface area contributed by atoms with E-state index in [0.29, 0.717) is 0 Å². The maximum absolute atomic E-state index is 12.6. The molecule has 0 aromatic heterocycles. The topological polar surface area (TPSA) is 55.8 Å². The molecule has 1 amide bonds. The predicted molar refractivity (Wildman–Crippen MR) is 96.0 cm³/mol. The Morgan fingerprint density at radius 1 is 0.923 bits per heavy atom. The first-order valence-electron chi connectivity index (χ1n) is 8.98. The molecular weight excluding hydrogens is 330 g/mol. The summed E-state index contributed by atoms with van der Waals surface area (Å²) in [6, 6.07) is 15.2. The summed E-state index contributed by atoms with van der Waals surface area (Å²) in [5, 5.41) is 1.10. The first kappa shape index (κ1) is 16.6. The van der Waals surface area contributed by atoms with E-state index in [1.54, 1.807) is 0 Å². The van der Waals surface area contributed by atoms with Crippen molar-refractivity contribution in [2.75, 3.05) is 7.11 Å². The number of amides is 1. The highest BCUT2D eigenvalue weighted by molar-refractivity contribution is 5.82. The van der Waals surface area contributed by atoms with Crippen LogP contribution in [0.3, 0.4) is 0 Å². The summed E-state index contributed by atoms with van der Waals surface area (Å²) in [6.45, 7) is 0. The van der Waals surface area contributed by atoms with Gasteiger partial charge in [-0.05, 0) is 35.1 Å². The molecule has 26 heavy (non-hydrogen) atoms. The van der Waals surface area contributed by atoms with Gasteiger partial charge in [0.15, 0.2) is 0 Å². The molecule has 134 valence electrons. The highest BCUT2D eigenvalue weighted by Crippen LogP contribution is 2.46. The number of carbonyl (C=O) groups excluding carboxylic acids is 2. The van der Waals surface area contributed by atoms with Gasteiger partial charge in [0.2, 0.25) is 0 Å². The zero-order valence-corrected chi connectivity index (χ0v) is 14.7. The van der Waals surface area contributed by atoms with Gasteiger partial charge in [-0.1, -0.05) is 61.4 Å². The number of methoxy groups -OCH3 is 1. The Kier molecular flexibility index (Phi) is 4.37.